The molecule has 0 aromatic carbocycles. The Balaban J connectivity index is 2.75. The maximum Gasteiger partial charge on any atom is 0.235 e. The van der Waals surface area contributed by atoms with Crippen molar-refractivity contribution in [2.75, 3.05) is 0 Å². The van der Waals surface area contributed by atoms with Gasteiger partial charge < -0.3 is 0 Å². The molecule has 78 valence electrons. The van der Waals surface area contributed by atoms with Crippen molar-refractivity contribution in [2.45, 2.75) is 18.6 Å². The SMILES string of the molecule is C[C@H](Cc1ccc(Br)cn1)S(=O)(=O)Cl. The summed E-state index contributed by atoms with van der Waals surface area (Å²) < 4.78 is 22.7. The molecule has 0 aliphatic rings. The van der Waals surface area contributed by atoms with Crippen molar-refractivity contribution >= 4 is 35.7 Å². The third-order valence-corrected chi connectivity index (χ3v) is 4.28. The lowest BCUT2D eigenvalue weighted by atomic mass is 10.2. The van der Waals surface area contributed by atoms with Crippen LogP contribution in [-0.2, 0) is 15.5 Å². The van der Waals surface area contributed by atoms with E-state index >= 15 is 0 Å². The lowest BCUT2D eigenvalue weighted by Crippen LogP contribution is -2.15. The van der Waals surface area contributed by atoms with Gasteiger partial charge in [0.1, 0.15) is 0 Å². The van der Waals surface area contributed by atoms with E-state index in [0.717, 1.165) is 4.47 Å². The molecule has 0 radical (unpaired) electrons. The van der Waals surface area contributed by atoms with Gasteiger partial charge in [0.2, 0.25) is 9.05 Å². The van der Waals surface area contributed by atoms with Gasteiger partial charge in [-0.15, -0.1) is 0 Å². The molecule has 1 aromatic rings. The Morgan fingerprint density at radius 1 is 1.57 bits per heavy atom. The second kappa shape index (κ2) is 4.59. The van der Waals surface area contributed by atoms with Crippen LogP contribution in [0.1, 0.15) is 12.6 Å². The minimum Gasteiger partial charge on any atom is -0.260 e. The van der Waals surface area contributed by atoms with Crippen molar-refractivity contribution in [1.29, 1.82) is 0 Å². The fraction of sp³-hybridized carbons (Fsp3) is 0.375. The molecule has 0 aliphatic carbocycles. The number of pyridine rings is 1. The zero-order valence-electron chi connectivity index (χ0n) is 7.44. The van der Waals surface area contributed by atoms with Gasteiger partial charge in [0, 0.05) is 33.5 Å². The first kappa shape index (κ1) is 11.9. The van der Waals surface area contributed by atoms with Crippen molar-refractivity contribution in [2.24, 2.45) is 0 Å². The first-order valence-corrected chi connectivity index (χ1v) is 7.10. The molecule has 0 amide bonds. The molecule has 6 heteroatoms. The number of halogens is 2. The fourth-order valence-electron chi connectivity index (χ4n) is 0.921. The highest BCUT2D eigenvalue weighted by Crippen LogP contribution is 2.13. The molecule has 1 heterocycles. The van der Waals surface area contributed by atoms with Gasteiger partial charge >= 0.3 is 0 Å². The number of aromatic nitrogens is 1. The molecule has 1 atom stereocenters. The summed E-state index contributed by atoms with van der Waals surface area (Å²) in [5.74, 6) is 0. The Kier molecular flexibility index (Phi) is 3.92. The average molecular weight is 299 g/mol. The summed E-state index contributed by atoms with van der Waals surface area (Å²) in [5, 5.41) is -0.613. The minimum absolute atomic E-state index is 0.332. The molecule has 1 aromatic heterocycles. The van der Waals surface area contributed by atoms with Crippen LogP contribution in [0.2, 0.25) is 0 Å². The molecule has 14 heavy (non-hydrogen) atoms. The lowest BCUT2D eigenvalue weighted by molar-refractivity contribution is 0.596. The zero-order valence-corrected chi connectivity index (χ0v) is 10.6. The molecule has 3 nitrogen and oxygen atoms in total. The number of rotatable bonds is 3. The smallest absolute Gasteiger partial charge is 0.235 e. The van der Waals surface area contributed by atoms with Crippen LogP contribution >= 0.6 is 26.6 Å². The minimum atomic E-state index is -3.49. The van der Waals surface area contributed by atoms with Crippen LogP contribution in [-0.4, -0.2) is 18.7 Å². The molecule has 1 rings (SSSR count). The van der Waals surface area contributed by atoms with E-state index in [1.807, 2.05) is 6.07 Å². The van der Waals surface area contributed by atoms with E-state index in [1.54, 1.807) is 19.2 Å². The van der Waals surface area contributed by atoms with E-state index in [1.165, 1.54) is 0 Å². The van der Waals surface area contributed by atoms with Crippen LogP contribution in [0.4, 0.5) is 0 Å². The van der Waals surface area contributed by atoms with E-state index < -0.39 is 14.3 Å². The van der Waals surface area contributed by atoms with Crippen molar-refractivity contribution in [3.8, 4) is 0 Å². The fourth-order valence-corrected chi connectivity index (χ4v) is 1.71. The van der Waals surface area contributed by atoms with Crippen LogP contribution in [0.5, 0.6) is 0 Å². The Labute approximate surface area is 96.0 Å². The van der Waals surface area contributed by atoms with Crippen LogP contribution in [0.15, 0.2) is 22.8 Å². The molecule has 0 unspecified atom stereocenters. The number of hydrogen-bond acceptors (Lipinski definition) is 3. The Hall–Kier alpha value is -0.130. The van der Waals surface area contributed by atoms with Gasteiger partial charge in [-0.2, -0.15) is 0 Å². The summed E-state index contributed by atoms with van der Waals surface area (Å²) in [4.78, 5) is 4.06. The monoisotopic (exact) mass is 297 g/mol. The van der Waals surface area contributed by atoms with E-state index in [4.69, 9.17) is 10.7 Å². The molecule has 0 spiro atoms. The summed E-state index contributed by atoms with van der Waals surface area (Å²) >= 11 is 3.24. The molecule has 0 saturated carbocycles. The summed E-state index contributed by atoms with van der Waals surface area (Å²) in [5.41, 5.74) is 0.713. The van der Waals surface area contributed by atoms with Gasteiger partial charge in [-0.3, -0.25) is 4.98 Å². The van der Waals surface area contributed by atoms with Crippen molar-refractivity contribution in [3.05, 3.63) is 28.5 Å². The Bertz CT molecular complexity index is 404. The predicted octanol–water partition coefficient (Wildman–Crippen LogP) is 2.34. The second-order valence-corrected chi connectivity index (χ2v) is 6.92. The largest absolute Gasteiger partial charge is 0.260 e. The highest BCUT2D eigenvalue weighted by molar-refractivity contribution is 9.10. The average Bonchev–Trinajstić information content (AvgIpc) is 2.07. The van der Waals surface area contributed by atoms with Gasteiger partial charge in [0.15, 0.2) is 0 Å². The van der Waals surface area contributed by atoms with Crippen molar-refractivity contribution in [1.82, 2.24) is 4.98 Å². The first-order valence-electron chi connectivity index (χ1n) is 3.93. The summed E-state index contributed by atoms with van der Waals surface area (Å²) in [6.07, 6.45) is 1.96. The normalized spacial score (nSPS) is 13.9. The topological polar surface area (TPSA) is 47.0 Å². The molecular weight excluding hydrogens is 290 g/mol. The molecule has 0 saturated heterocycles. The van der Waals surface area contributed by atoms with E-state index in [0.29, 0.717) is 12.1 Å². The Morgan fingerprint density at radius 2 is 2.21 bits per heavy atom. The van der Waals surface area contributed by atoms with E-state index in [2.05, 4.69) is 20.9 Å². The quantitative estimate of drug-likeness (QED) is 0.805. The molecule has 0 fully saturated rings. The van der Waals surface area contributed by atoms with Crippen LogP contribution in [0.25, 0.3) is 0 Å². The highest BCUT2D eigenvalue weighted by Gasteiger charge is 2.18. The van der Waals surface area contributed by atoms with Gasteiger partial charge in [-0.05, 0) is 35.0 Å². The zero-order chi connectivity index (χ0) is 10.8. The summed E-state index contributed by atoms with van der Waals surface area (Å²) in [6, 6.07) is 3.58. The molecule has 0 aliphatic heterocycles. The van der Waals surface area contributed by atoms with Gasteiger partial charge in [-0.25, -0.2) is 8.42 Å². The van der Waals surface area contributed by atoms with Crippen molar-refractivity contribution < 1.29 is 8.42 Å². The molecule has 0 bridgehead atoms. The maximum atomic E-state index is 10.9. The summed E-state index contributed by atoms with van der Waals surface area (Å²) in [6.45, 7) is 1.56. The summed E-state index contributed by atoms with van der Waals surface area (Å²) in [7, 11) is 1.71. The van der Waals surface area contributed by atoms with Gasteiger partial charge in [-0.1, -0.05) is 0 Å². The van der Waals surface area contributed by atoms with Crippen LogP contribution in [0, 0.1) is 0 Å². The second-order valence-electron chi connectivity index (χ2n) is 2.96. The van der Waals surface area contributed by atoms with E-state index in [9.17, 15) is 8.42 Å². The maximum absolute atomic E-state index is 10.9. The molecule has 0 N–H and O–H groups in total. The first-order chi connectivity index (χ1) is 6.39. The van der Waals surface area contributed by atoms with E-state index in [-0.39, 0.29) is 0 Å². The molecular formula is C8H9BrClNO2S. The van der Waals surface area contributed by atoms with Crippen molar-refractivity contribution in [3.63, 3.8) is 0 Å². The highest BCUT2D eigenvalue weighted by atomic mass is 79.9. The number of nitrogens with zero attached hydrogens (tertiary/aromatic N) is 1. The van der Waals surface area contributed by atoms with Gasteiger partial charge in [0.05, 0.1) is 5.25 Å². The third-order valence-electron chi connectivity index (χ3n) is 1.77. The Morgan fingerprint density at radius 3 is 2.64 bits per heavy atom. The van der Waals surface area contributed by atoms with Crippen LogP contribution in [0.3, 0.4) is 0 Å². The predicted molar refractivity (Wildman–Crippen MR) is 59.9 cm³/mol. The van der Waals surface area contributed by atoms with Gasteiger partial charge in [0.25, 0.3) is 0 Å². The van der Waals surface area contributed by atoms with Crippen LogP contribution < -0.4 is 0 Å². The third kappa shape index (κ3) is 3.55. The lowest BCUT2D eigenvalue weighted by Gasteiger charge is -2.06. The number of hydrogen-bond donors (Lipinski definition) is 0. The standard InChI is InChI=1S/C8H9BrClNO2S/c1-6(14(10,12)13)4-8-3-2-7(9)5-11-8/h2-3,5-6H,4H2,1H3/t6-/m1/s1.